The summed E-state index contributed by atoms with van der Waals surface area (Å²) in [6, 6.07) is 0.279. The third-order valence-corrected chi connectivity index (χ3v) is 5.98. The van der Waals surface area contributed by atoms with Crippen LogP contribution in [0.2, 0.25) is 0 Å². The number of aryl methyl sites for hydroxylation is 2. The monoisotopic (exact) mass is 333 g/mol. The first kappa shape index (κ1) is 17.0. The van der Waals surface area contributed by atoms with Crippen molar-refractivity contribution in [2.75, 3.05) is 13.6 Å². The molecule has 1 saturated carbocycles. The number of carbonyl (C=O) groups excluding carboxylic acids is 2. The quantitative estimate of drug-likeness (QED) is 0.896. The van der Waals surface area contributed by atoms with Gasteiger partial charge in [0, 0.05) is 43.5 Å². The van der Waals surface area contributed by atoms with Crippen LogP contribution in [-0.4, -0.2) is 41.5 Å². The number of fused-ring (bicyclic) bond motifs is 1. The van der Waals surface area contributed by atoms with Crippen LogP contribution in [0.3, 0.4) is 0 Å². The first-order valence-corrected chi connectivity index (χ1v) is 8.87. The van der Waals surface area contributed by atoms with Crippen LogP contribution in [0.15, 0.2) is 4.52 Å². The maximum absolute atomic E-state index is 12.3. The van der Waals surface area contributed by atoms with E-state index < -0.39 is 0 Å². The number of hydrogen-bond donors (Lipinski definition) is 1. The summed E-state index contributed by atoms with van der Waals surface area (Å²) in [5.74, 6) is 1.10. The molecule has 2 amide bonds. The van der Waals surface area contributed by atoms with Gasteiger partial charge in [-0.1, -0.05) is 11.6 Å². The van der Waals surface area contributed by atoms with Gasteiger partial charge in [0.15, 0.2) is 0 Å². The zero-order valence-corrected chi connectivity index (χ0v) is 14.9. The van der Waals surface area contributed by atoms with E-state index in [2.05, 4.69) is 10.5 Å². The van der Waals surface area contributed by atoms with Gasteiger partial charge in [-0.25, -0.2) is 0 Å². The predicted octanol–water partition coefficient (Wildman–Crippen LogP) is 2.13. The topological polar surface area (TPSA) is 75.4 Å². The van der Waals surface area contributed by atoms with Gasteiger partial charge < -0.3 is 14.7 Å². The number of amides is 2. The van der Waals surface area contributed by atoms with Crippen molar-refractivity contribution < 1.29 is 14.1 Å². The Morgan fingerprint density at radius 1 is 1.42 bits per heavy atom. The largest absolute Gasteiger partial charge is 0.361 e. The smallest absolute Gasteiger partial charge is 0.222 e. The fourth-order valence-corrected chi connectivity index (χ4v) is 4.48. The average molecular weight is 333 g/mol. The summed E-state index contributed by atoms with van der Waals surface area (Å²) in [6.45, 7) is 4.46. The van der Waals surface area contributed by atoms with Gasteiger partial charge in [0.25, 0.3) is 0 Å². The Bertz CT molecular complexity index is 620. The van der Waals surface area contributed by atoms with Crippen molar-refractivity contribution >= 4 is 11.8 Å². The van der Waals surface area contributed by atoms with Crippen LogP contribution < -0.4 is 5.32 Å². The van der Waals surface area contributed by atoms with Crippen LogP contribution in [0.1, 0.15) is 55.5 Å². The minimum absolute atomic E-state index is 0.0644. The third kappa shape index (κ3) is 3.06. The maximum Gasteiger partial charge on any atom is 0.222 e. The molecule has 1 aliphatic carbocycles. The minimum Gasteiger partial charge on any atom is -0.361 e. The summed E-state index contributed by atoms with van der Waals surface area (Å²) in [7, 11) is 1.91. The van der Waals surface area contributed by atoms with Gasteiger partial charge in [0.2, 0.25) is 11.8 Å². The third-order valence-electron chi connectivity index (χ3n) is 5.98. The zero-order chi connectivity index (χ0) is 17.3. The summed E-state index contributed by atoms with van der Waals surface area (Å²) in [4.78, 5) is 26.1. The van der Waals surface area contributed by atoms with E-state index >= 15 is 0 Å². The maximum atomic E-state index is 12.3. The van der Waals surface area contributed by atoms with Crippen molar-refractivity contribution in [1.82, 2.24) is 15.4 Å². The fraction of sp³-hybridized carbons (Fsp3) is 0.722. The second kappa shape index (κ2) is 6.57. The second-order valence-corrected chi connectivity index (χ2v) is 7.35. The Hall–Kier alpha value is -1.85. The number of likely N-dealkylation sites (tertiary alicyclic amines) is 1. The number of piperidine rings is 1. The fourth-order valence-electron chi connectivity index (χ4n) is 4.48. The molecule has 3 rings (SSSR count). The first-order chi connectivity index (χ1) is 11.4. The van der Waals surface area contributed by atoms with E-state index in [1.165, 1.54) is 0 Å². The van der Waals surface area contributed by atoms with Crippen LogP contribution in [0.4, 0.5) is 0 Å². The van der Waals surface area contributed by atoms with E-state index in [9.17, 15) is 9.59 Å². The number of nitrogens with one attached hydrogen (secondary N) is 1. The summed E-state index contributed by atoms with van der Waals surface area (Å²) in [6.07, 6.45) is 5.88. The number of aromatic nitrogens is 1. The number of rotatable bonds is 5. The van der Waals surface area contributed by atoms with Crippen molar-refractivity contribution in [3.05, 3.63) is 17.0 Å². The standard InChI is InChI=1S/C18H27N3O3/c1-12-14(13(2)24-20-12)6-7-16(22)19-11-18-9-4-5-15(18)21(3)17(23)8-10-18/h15H,4-11H2,1-3H3,(H,19,22). The number of nitrogens with zero attached hydrogens (tertiary/aromatic N) is 2. The molecule has 6 nitrogen and oxygen atoms in total. The van der Waals surface area contributed by atoms with E-state index in [1.807, 2.05) is 25.8 Å². The number of hydrogen-bond acceptors (Lipinski definition) is 4. The van der Waals surface area contributed by atoms with Crippen LogP contribution in [0.25, 0.3) is 0 Å². The molecule has 1 aromatic heterocycles. The molecule has 1 aliphatic heterocycles. The van der Waals surface area contributed by atoms with Gasteiger partial charge in [-0.3, -0.25) is 9.59 Å². The van der Waals surface area contributed by atoms with Crippen molar-refractivity contribution in [1.29, 1.82) is 0 Å². The molecule has 24 heavy (non-hydrogen) atoms. The highest BCUT2D eigenvalue weighted by atomic mass is 16.5. The second-order valence-electron chi connectivity index (χ2n) is 7.35. The lowest BCUT2D eigenvalue weighted by molar-refractivity contribution is -0.139. The first-order valence-electron chi connectivity index (χ1n) is 8.87. The van der Waals surface area contributed by atoms with Crippen molar-refractivity contribution in [3.63, 3.8) is 0 Å². The highest BCUT2D eigenvalue weighted by Gasteiger charge is 2.49. The number of carbonyl (C=O) groups is 2. The molecule has 2 atom stereocenters. The van der Waals surface area contributed by atoms with Crippen molar-refractivity contribution in [3.8, 4) is 0 Å². The van der Waals surface area contributed by atoms with Crippen LogP contribution in [0.5, 0.6) is 0 Å². The van der Waals surface area contributed by atoms with Crippen LogP contribution in [0, 0.1) is 19.3 Å². The molecule has 2 heterocycles. The molecule has 2 fully saturated rings. The van der Waals surface area contributed by atoms with Gasteiger partial charge in [-0.05, 0) is 39.5 Å². The SMILES string of the molecule is Cc1noc(C)c1CCC(=O)NCC12CCCC1N(C)C(=O)CC2. The van der Waals surface area contributed by atoms with Crippen LogP contribution >= 0.6 is 0 Å². The van der Waals surface area contributed by atoms with Gasteiger partial charge in [0.1, 0.15) is 5.76 Å². The Balaban J connectivity index is 1.55. The average Bonchev–Trinajstić information content (AvgIpc) is 3.12. The predicted molar refractivity (Wildman–Crippen MR) is 89.4 cm³/mol. The highest BCUT2D eigenvalue weighted by Crippen LogP contribution is 2.47. The molecule has 1 saturated heterocycles. The Labute approximate surface area is 142 Å². The summed E-state index contributed by atoms with van der Waals surface area (Å²) < 4.78 is 5.14. The molecule has 0 aromatic carbocycles. The molecular formula is C18H27N3O3. The molecular weight excluding hydrogens is 306 g/mol. The van der Waals surface area contributed by atoms with Gasteiger partial charge in [0.05, 0.1) is 5.69 Å². The zero-order valence-electron chi connectivity index (χ0n) is 14.9. The Kier molecular flexibility index (Phi) is 4.65. The Morgan fingerprint density at radius 3 is 2.92 bits per heavy atom. The highest BCUT2D eigenvalue weighted by molar-refractivity contribution is 5.78. The van der Waals surface area contributed by atoms with E-state index in [0.29, 0.717) is 25.8 Å². The van der Waals surface area contributed by atoms with Gasteiger partial charge >= 0.3 is 0 Å². The normalized spacial score (nSPS) is 26.5. The van der Waals surface area contributed by atoms with E-state index in [0.717, 1.165) is 42.7 Å². The lowest BCUT2D eigenvalue weighted by Crippen LogP contribution is -2.54. The summed E-state index contributed by atoms with van der Waals surface area (Å²) in [5, 5.41) is 7.05. The Morgan fingerprint density at radius 2 is 2.21 bits per heavy atom. The lowest BCUT2D eigenvalue weighted by Gasteiger charge is -2.44. The molecule has 132 valence electrons. The molecule has 1 N–H and O–H groups in total. The van der Waals surface area contributed by atoms with E-state index in [1.54, 1.807) is 0 Å². The summed E-state index contributed by atoms with van der Waals surface area (Å²) >= 11 is 0. The van der Waals surface area contributed by atoms with Gasteiger partial charge in [-0.15, -0.1) is 0 Å². The van der Waals surface area contributed by atoms with E-state index in [4.69, 9.17) is 4.52 Å². The van der Waals surface area contributed by atoms with Crippen molar-refractivity contribution in [2.24, 2.45) is 5.41 Å². The molecule has 2 unspecified atom stereocenters. The molecule has 0 radical (unpaired) electrons. The molecule has 2 aliphatic rings. The molecule has 0 bridgehead atoms. The molecule has 6 heteroatoms. The lowest BCUT2D eigenvalue weighted by atomic mass is 9.74. The van der Waals surface area contributed by atoms with Crippen molar-refractivity contribution in [2.45, 2.75) is 64.8 Å². The van der Waals surface area contributed by atoms with Gasteiger partial charge in [-0.2, -0.15) is 0 Å². The summed E-state index contributed by atoms with van der Waals surface area (Å²) in [5.41, 5.74) is 1.97. The molecule has 1 aromatic rings. The minimum atomic E-state index is 0.0644. The van der Waals surface area contributed by atoms with Crippen LogP contribution in [-0.2, 0) is 16.0 Å². The molecule has 0 spiro atoms. The van der Waals surface area contributed by atoms with E-state index in [-0.39, 0.29) is 23.3 Å².